The summed E-state index contributed by atoms with van der Waals surface area (Å²) < 4.78 is 0. The van der Waals surface area contributed by atoms with Crippen molar-refractivity contribution in [2.75, 3.05) is 0 Å². The zero-order chi connectivity index (χ0) is 18.6. The van der Waals surface area contributed by atoms with Crippen molar-refractivity contribution in [3.05, 3.63) is 63.9 Å². The molecule has 0 fully saturated rings. The molecule has 1 atom stereocenters. The number of rotatable bonds is 8. The fourth-order valence-electron chi connectivity index (χ4n) is 3.57. The van der Waals surface area contributed by atoms with Gasteiger partial charge in [0.05, 0.1) is 0 Å². The first-order valence-electron chi connectivity index (χ1n) is 10.6. The number of unbranched alkanes of at least 4 members (excludes halogenated alkanes) is 3. The van der Waals surface area contributed by atoms with Crippen LogP contribution in [0.2, 0.25) is 0 Å². The summed E-state index contributed by atoms with van der Waals surface area (Å²) >= 11 is 1.85. The standard InChI is InChI=1S/C18H26.C7H10S/c1-3-4-5-6-9-16-11-13-17(14-12-16)18-10-7-8-15(18)2;1-2-4-7-5-3-6-8-7/h10-15H,3-9H2,1-2H3;3,5-6H,2,4H2,1H3. The molecule has 2 aromatic rings. The summed E-state index contributed by atoms with van der Waals surface area (Å²) in [5.41, 5.74) is 4.51. The maximum atomic E-state index is 2.42. The van der Waals surface area contributed by atoms with E-state index >= 15 is 0 Å². The van der Waals surface area contributed by atoms with Crippen LogP contribution in [0.3, 0.4) is 0 Å². The lowest BCUT2D eigenvalue weighted by Gasteiger charge is -2.10. The first kappa shape index (κ1) is 21.0. The van der Waals surface area contributed by atoms with Gasteiger partial charge in [-0.15, -0.1) is 11.3 Å². The molecule has 1 aliphatic carbocycles. The van der Waals surface area contributed by atoms with Crippen LogP contribution in [0, 0.1) is 5.92 Å². The lowest BCUT2D eigenvalue weighted by atomic mass is 9.95. The molecule has 26 heavy (non-hydrogen) atoms. The van der Waals surface area contributed by atoms with Gasteiger partial charge < -0.3 is 0 Å². The van der Waals surface area contributed by atoms with Crippen molar-refractivity contribution in [3.63, 3.8) is 0 Å². The molecular formula is C25H36S. The summed E-state index contributed by atoms with van der Waals surface area (Å²) in [4.78, 5) is 1.51. The van der Waals surface area contributed by atoms with Gasteiger partial charge in [0, 0.05) is 4.88 Å². The van der Waals surface area contributed by atoms with Gasteiger partial charge in [-0.2, -0.15) is 0 Å². The first-order chi connectivity index (χ1) is 12.7. The molecule has 0 N–H and O–H groups in total. The van der Waals surface area contributed by atoms with E-state index in [0.717, 1.165) is 5.92 Å². The molecule has 1 heterocycles. The van der Waals surface area contributed by atoms with E-state index in [1.807, 2.05) is 11.3 Å². The molecule has 3 rings (SSSR count). The summed E-state index contributed by atoms with van der Waals surface area (Å²) in [7, 11) is 0. The van der Waals surface area contributed by atoms with Crippen LogP contribution in [0.5, 0.6) is 0 Å². The third-order valence-corrected chi connectivity index (χ3v) is 6.11. The van der Waals surface area contributed by atoms with Gasteiger partial charge in [-0.05, 0) is 66.2 Å². The van der Waals surface area contributed by atoms with E-state index in [1.54, 1.807) is 5.57 Å². The zero-order valence-electron chi connectivity index (χ0n) is 17.0. The molecule has 1 heteroatoms. The molecule has 1 unspecified atom stereocenters. The number of aryl methyl sites for hydroxylation is 2. The Hall–Kier alpha value is -1.34. The quantitative estimate of drug-likeness (QED) is 0.411. The van der Waals surface area contributed by atoms with Crippen molar-refractivity contribution in [2.24, 2.45) is 5.92 Å². The Bertz CT molecular complexity index is 619. The van der Waals surface area contributed by atoms with Crippen molar-refractivity contribution in [1.82, 2.24) is 0 Å². The van der Waals surface area contributed by atoms with Crippen LogP contribution in [0.4, 0.5) is 0 Å². The molecule has 0 saturated carbocycles. The van der Waals surface area contributed by atoms with Crippen LogP contribution in [0.25, 0.3) is 5.57 Å². The molecular weight excluding hydrogens is 332 g/mol. The molecule has 1 aliphatic rings. The number of allylic oxidation sites excluding steroid dienone is 2. The average Bonchev–Trinajstić information content (AvgIpc) is 3.32. The second kappa shape index (κ2) is 12.1. The Balaban J connectivity index is 0.000000254. The largest absolute Gasteiger partial charge is 0.149 e. The second-order valence-electron chi connectivity index (χ2n) is 7.47. The van der Waals surface area contributed by atoms with Gasteiger partial charge in [-0.3, -0.25) is 0 Å². The summed E-state index contributed by atoms with van der Waals surface area (Å²) in [6.07, 6.45) is 14.2. The van der Waals surface area contributed by atoms with E-state index < -0.39 is 0 Å². The van der Waals surface area contributed by atoms with Crippen LogP contribution >= 0.6 is 11.3 Å². The van der Waals surface area contributed by atoms with Crippen LogP contribution < -0.4 is 0 Å². The lowest BCUT2D eigenvalue weighted by Crippen LogP contribution is -1.93. The monoisotopic (exact) mass is 368 g/mol. The summed E-state index contributed by atoms with van der Waals surface area (Å²) in [6.45, 7) is 6.82. The fraction of sp³-hybridized carbons (Fsp3) is 0.520. The maximum absolute atomic E-state index is 2.42. The van der Waals surface area contributed by atoms with Gasteiger partial charge in [0.25, 0.3) is 0 Å². The molecule has 0 radical (unpaired) electrons. The number of hydrogen-bond donors (Lipinski definition) is 0. The molecule has 0 amide bonds. The predicted molar refractivity (Wildman–Crippen MR) is 119 cm³/mol. The van der Waals surface area contributed by atoms with Crippen LogP contribution in [0.15, 0.2) is 47.9 Å². The number of benzene rings is 1. The van der Waals surface area contributed by atoms with Crippen molar-refractivity contribution < 1.29 is 0 Å². The third kappa shape index (κ3) is 7.11. The normalized spacial score (nSPS) is 16.1. The minimum absolute atomic E-state index is 0.750. The van der Waals surface area contributed by atoms with Gasteiger partial charge in [-0.25, -0.2) is 0 Å². The van der Waals surface area contributed by atoms with E-state index in [9.17, 15) is 0 Å². The van der Waals surface area contributed by atoms with Crippen molar-refractivity contribution in [2.45, 2.75) is 78.6 Å². The van der Waals surface area contributed by atoms with Gasteiger partial charge in [0.15, 0.2) is 0 Å². The lowest BCUT2D eigenvalue weighted by molar-refractivity contribution is 0.667. The average molecular weight is 369 g/mol. The summed E-state index contributed by atoms with van der Waals surface area (Å²) in [5.74, 6) is 0.750. The Morgan fingerprint density at radius 3 is 2.31 bits per heavy atom. The summed E-state index contributed by atoms with van der Waals surface area (Å²) in [5, 5.41) is 2.13. The molecule has 1 aromatic carbocycles. The van der Waals surface area contributed by atoms with Gasteiger partial charge >= 0.3 is 0 Å². The Morgan fingerprint density at radius 2 is 1.73 bits per heavy atom. The zero-order valence-corrected chi connectivity index (χ0v) is 17.8. The van der Waals surface area contributed by atoms with Gasteiger partial charge in [-0.1, -0.05) is 82.9 Å². The molecule has 0 spiro atoms. The topological polar surface area (TPSA) is 0 Å². The Morgan fingerprint density at radius 1 is 0.923 bits per heavy atom. The minimum Gasteiger partial charge on any atom is -0.149 e. The highest BCUT2D eigenvalue weighted by atomic mass is 32.1. The van der Waals surface area contributed by atoms with Crippen molar-refractivity contribution in [1.29, 1.82) is 0 Å². The minimum atomic E-state index is 0.750. The molecule has 1 aromatic heterocycles. The van der Waals surface area contributed by atoms with Crippen molar-refractivity contribution in [3.8, 4) is 0 Å². The highest BCUT2D eigenvalue weighted by Gasteiger charge is 2.15. The second-order valence-corrected chi connectivity index (χ2v) is 8.51. The van der Waals surface area contributed by atoms with Crippen molar-refractivity contribution >= 4 is 16.9 Å². The SMILES string of the molecule is CCCCCCc1ccc(C2=CCCC2C)cc1.CCCc1cccs1. The highest BCUT2D eigenvalue weighted by Crippen LogP contribution is 2.33. The maximum Gasteiger partial charge on any atom is 0.00451 e. The fourth-order valence-corrected chi connectivity index (χ4v) is 4.38. The van der Waals surface area contributed by atoms with E-state index in [1.165, 1.54) is 73.8 Å². The van der Waals surface area contributed by atoms with E-state index in [2.05, 4.69) is 68.6 Å². The summed E-state index contributed by atoms with van der Waals surface area (Å²) in [6, 6.07) is 13.6. The molecule has 0 aliphatic heterocycles. The van der Waals surface area contributed by atoms with Crippen LogP contribution in [0.1, 0.15) is 81.7 Å². The Labute approximate surface area is 165 Å². The third-order valence-electron chi connectivity index (χ3n) is 5.18. The number of thiophene rings is 1. The van der Waals surface area contributed by atoms with E-state index in [0.29, 0.717) is 0 Å². The molecule has 142 valence electrons. The smallest absolute Gasteiger partial charge is 0.00451 e. The van der Waals surface area contributed by atoms with Gasteiger partial charge in [0.1, 0.15) is 0 Å². The van der Waals surface area contributed by atoms with Gasteiger partial charge in [0.2, 0.25) is 0 Å². The highest BCUT2D eigenvalue weighted by molar-refractivity contribution is 7.09. The predicted octanol–water partition coefficient (Wildman–Crippen LogP) is 8.32. The van der Waals surface area contributed by atoms with Crippen LogP contribution in [-0.2, 0) is 12.8 Å². The molecule has 0 saturated heterocycles. The van der Waals surface area contributed by atoms with E-state index in [4.69, 9.17) is 0 Å². The Kier molecular flexibility index (Phi) is 9.77. The molecule has 0 nitrogen and oxygen atoms in total. The number of hydrogen-bond acceptors (Lipinski definition) is 1. The molecule has 0 bridgehead atoms. The van der Waals surface area contributed by atoms with Crippen LogP contribution in [-0.4, -0.2) is 0 Å². The van der Waals surface area contributed by atoms with E-state index in [-0.39, 0.29) is 0 Å². The first-order valence-corrected chi connectivity index (χ1v) is 11.4.